The summed E-state index contributed by atoms with van der Waals surface area (Å²) in [6.45, 7) is 4.19. The van der Waals surface area contributed by atoms with Crippen LogP contribution in [-0.4, -0.2) is 22.1 Å². The number of hydrogen-bond donors (Lipinski definition) is 0. The minimum absolute atomic E-state index is 0.196. The quantitative estimate of drug-likeness (QED) is 0.779. The van der Waals surface area contributed by atoms with Gasteiger partial charge in [0.05, 0.1) is 17.6 Å². The minimum atomic E-state index is -0.289. The fraction of sp³-hybridized carbons (Fsp3) is 0.429. The first-order chi connectivity index (χ1) is 8.69. The third kappa shape index (κ3) is 2.10. The van der Waals surface area contributed by atoms with Crippen LogP contribution in [0.3, 0.4) is 0 Å². The molecule has 0 fully saturated rings. The Bertz CT molecular complexity index is 560. The standard InChI is InChI=1S/C14H18N2O2/c1-4-10(14(17)18-5-2)13-15-11-8-6-7-9-12(11)16(13)3/h6-10H,4-5H2,1-3H3. The molecule has 2 aromatic rings. The number of esters is 1. The topological polar surface area (TPSA) is 44.1 Å². The Morgan fingerprint density at radius 1 is 1.39 bits per heavy atom. The van der Waals surface area contributed by atoms with Crippen molar-refractivity contribution >= 4 is 17.0 Å². The van der Waals surface area contributed by atoms with Gasteiger partial charge < -0.3 is 9.30 Å². The van der Waals surface area contributed by atoms with E-state index in [1.165, 1.54) is 0 Å². The zero-order chi connectivity index (χ0) is 13.1. The van der Waals surface area contributed by atoms with E-state index in [1.54, 1.807) is 0 Å². The highest BCUT2D eigenvalue weighted by Gasteiger charge is 2.25. The number of aromatic nitrogens is 2. The molecule has 1 unspecified atom stereocenters. The fourth-order valence-electron chi connectivity index (χ4n) is 2.17. The molecule has 0 aliphatic heterocycles. The average Bonchev–Trinajstić information content (AvgIpc) is 2.69. The van der Waals surface area contributed by atoms with Crippen LogP contribution >= 0.6 is 0 Å². The molecule has 0 bridgehead atoms. The van der Waals surface area contributed by atoms with Gasteiger partial charge in [0.1, 0.15) is 11.7 Å². The van der Waals surface area contributed by atoms with Gasteiger partial charge in [-0.2, -0.15) is 0 Å². The molecule has 0 aliphatic rings. The lowest BCUT2D eigenvalue weighted by Gasteiger charge is -2.13. The van der Waals surface area contributed by atoms with E-state index >= 15 is 0 Å². The normalized spacial score (nSPS) is 12.6. The average molecular weight is 246 g/mol. The molecule has 1 aromatic carbocycles. The van der Waals surface area contributed by atoms with Crippen LogP contribution in [-0.2, 0) is 16.6 Å². The number of nitrogens with zero attached hydrogens (tertiary/aromatic N) is 2. The second-order valence-corrected chi connectivity index (χ2v) is 4.23. The number of fused-ring (bicyclic) bond motifs is 1. The molecule has 0 N–H and O–H groups in total. The Morgan fingerprint density at radius 3 is 2.72 bits per heavy atom. The monoisotopic (exact) mass is 246 g/mol. The number of rotatable bonds is 4. The van der Waals surface area contributed by atoms with Crippen molar-refractivity contribution in [2.45, 2.75) is 26.2 Å². The lowest BCUT2D eigenvalue weighted by atomic mass is 10.1. The number of imidazole rings is 1. The summed E-state index contributed by atoms with van der Waals surface area (Å²) in [6, 6.07) is 7.88. The molecule has 18 heavy (non-hydrogen) atoms. The molecule has 2 rings (SSSR count). The molecule has 0 saturated carbocycles. The van der Waals surface area contributed by atoms with Crippen molar-refractivity contribution < 1.29 is 9.53 Å². The summed E-state index contributed by atoms with van der Waals surface area (Å²) in [5.74, 6) is 0.290. The molecule has 4 nitrogen and oxygen atoms in total. The molecular weight excluding hydrogens is 228 g/mol. The van der Waals surface area contributed by atoms with Gasteiger partial charge in [0.15, 0.2) is 0 Å². The molecule has 0 radical (unpaired) electrons. The van der Waals surface area contributed by atoms with Crippen molar-refractivity contribution in [2.75, 3.05) is 6.61 Å². The third-order valence-electron chi connectivity index (χ3n) is 3.11. The van der Waals surface area contributed by atoms with Crippen LogP contribution in [0.25, 0.3) is 11.0 Å². The van der Waals surface area contributed by atoms with Gasteiger partial charge in [-0.15, -0.1) is 0 Å². The summed E-state index contributed by atoms with van der Waals surface area (Å²) in [5.41, 5.74) is 1.95. The van der Waals surface area contributed by atoms with E-state index in [1.807, 2.05) is 49.7 Å². The second kappa shape index (κ2) is 5.21. The molecule has 1 atom stereocenters. The molecule has 96 valence electrons. The Hall–Kier alpha value is -1.84. The van der Waals surface area contributed by atoms with Crippen LogP contribution in [0.4, 0.5) is 0 Å². The molecule has 0 amide bonds. The van der Waals surface area contributed by atoms with Crippen LogP contribution in [0.15, 0.2) is 24.3 Å². The molecule has 0 saturated heterocycles. The summed E-state index contributed by atoms with van der Waals surface area (Å²) in [4.78, 5) is 16.5. The van der Waals surface area contributed by atoms with Gasteiger partial charge in [-0.25, -0.2) is 4.98 Å². The highest BCUT2D eigenvalue weighted by Crippen LogP contribution is 2.24. The van der Waals surface area contributed by atoms with Crippen LogP contribution in [0.5, 0.6) is 0 Å². The van der Waals surface area contributed by atoms with Crippen molar-refractivity contribution in [2.24, 2.45) is 7.05 Å². The highest BCUT2D eigenvalue weighted by molar-refractivity contribution is 5.81. The largest absolute Gasteiger partial charge is 0.465 e. The van der Waals surface area contributed by atoms with E-state index in [-0.39, 0.29) is 11.9 Å². The van der Waals surface area contributed by atoms with E-state index < -0.39 is 0 Å². The predicted molar refractivity (Wildman–Crippen MR) is 70.4 cm³/mol. The van der Waals surface area contributed by atoms with Gasteiger partial charge >= 0.3 is 5.97 Å². The first kappa shape index (κ1) is 12.6. The maximum Gasteiger partial charge on any atom is 0.316 e. The van der Waals surface area contributed by atoms with Crippen molar-refractivity contribution in [3.8, 4) is 0 Å². The highest BCUT2D eigenvalue weighted by atomic mass is 16.5. The number of carbonyl (C=O) groups is 1. The number of carbonyl (C=O) groups excluding carboxylic acids is 1. The van der Waals surface area contributed by atoms with Crippen molar-refractivity contribution in [1.29, 1.82) is 0 Å². The Balaban J connectivity index is 2.45. The van der Waals surface area contributed by atoms with Crippen LogP contribution < -0.4 is 0 Å². The Kier molecular flexibility index (Phi) is 3.65. The Morgan fingerprint density at radius 2 is 2.11 bits per heavy atom. The zero-order valence-electron chi connectivity index (χ0n) is 11.0. The summed E-state index contributed by atoms with van der Waals surface area (Å²) >= 11 is 0. The van der Waals surface area contributed by atoms with E-state index in [0.717, 1.165) is 16.9 Å². The first-order valence-electron chi connectivity index (χ1n) is 6.27. The third-order valence-corrected chi connectivity index (χ3v) is 3.11. The number of para-hydroxylation sites is 2. The van der Waals surface area contributed by atoms with Gasteiger partial charge in [0, 0.05) is 7.05 Å². The van der Waals surface area contributed by atoms with Gasteiger partial charge in [-0.1, -0.05) is 19.1 Å². The van der Waals surface area contributed by atoms with E-state index in [0.29, 0.717) is 13.0 Å². The lowest BCUT2D eigenvalue weighted by Crippen LogP contribution is -2.18. The lowest BCUT2D eigenvalue weighted by molar-refractivity contribution is -0.145. The number of hydrogen-bond acceptors (Lipinski definition) is 3. The molecule has 0 aliphatic carbocycles. The maximum atomic E-state index is 11.9. The smallest absolute Gasteiger partial charge is 0.316 e. The SMILES string of the molecule is CCOC(=O)C(CC)c1nc2ccccc2n1C. The summed E-state index contributed by atoms with van der Waals surface area (Å²) in [6.07, 6.45) is 0.690. The summed E-state index contributed by atoms with van der Waals surface area (Å²) < 4.78 is 7.08. The van der Waals surface area contributed by atoms with Crippen molar-refractivity contribution in [1.82, 2.24) is 9.55 Å². The minimum Gasteiger partial charge on any atom is -0.465 e. The van der Waals surface area contributed by atoms with Crippen LogP contribution in [0.1, 0.15) is 32.0 Å². The van der Waals surface area contributed by atoms with Gasteiger partial charge in [-0.05, 0) is 25.5 Å². The number of aryl methyl sites for hydroxylation is 1. The number of ether oxygens (including phenoxy) is 1. The Labute approximate surface area is 107 Å². The molecule has 0 spiro atoms. The molecule has 4 heteroatoms. The van der Waals surface area contributed by atoms with Crippen LogP contribution in [0.2, 0.25) is 0 Å². The summed E-state index contributed by atoms with van der Waals surface area (Å²) in [5, 5.41) is 0. The number of benzene rings is 1. The van der Waals surface area contributed by atoms with E-state index in [4.69, 9.17) is 4.74 Å². The first-order valence-corrected chi connectivity index (χ1v) is 6.27. The predicted octanol–water partition coefficient (Wildman–Crippen LogP) is 2.63. The molecule has 1 heterocycles. The summed E-state index contributed by atoms with van der Waals surface area (Å²) in [7, 11) is 1.94. The van der Waals surface area contributed by atoms with E-state index in [9.17, 15) is 4.79 Å². The second-order valence-electron chi connectivity index (χ2n) is 4.23. The van der Waals surface area contributed by atoms with E-state index in [2.05, 4.69) is 4.98 Å². The molecule has 1 aromatic heterocycles. The van der Waals surface area contributed by atoms with Gasteiger partial charge in [0.25, 0.3) is 0 Å². The van der Waals surface area contributed by atoms with Crippen LogP contribution in [0, 0.1) is 0 Å². The maximum absolute atomic E-state index is 11.9. The molecular formula is C14H18N2O2. The van der Waals surface area contributed by atoms with Crippen molar-refractivity contribution in [3.05, 3.63) is 30.1 Å². The fourth-order valence-corrected chi connectivity index (χ4v) is 2.17. The zero-order valence-corrected chi connectivity index (χ0v) is 11.0. The van der Waals surface area contributed by atoms with Gasteiger partial charge in [0.2, 0.25) is 0 Å². The van der Waals surface area contributed by atoms with Crippen molar-refractivity contribution in [3.63, 3.8) is 0 Å². The van der Waals surface area contributed by atoms with Gasteiger partial charge in [-0.3, -0.25) is 4.79 Å².